The van der Waals surface area contributed by atoms with E-state index in [0.717, 1.165) is 31.8 Å². The molecule has 0 bridgehead atoms. The Bertz CT molecular complexity index is 347. The average molecular weight is 262 g/mol. The summed E-state index contributed by atoms with van der Waals surface area (Å²) in [6.07, 6.45) is 3.56. The molecule has 1 rings (SSSR count). The standard InChI is InChI=1S/C10H22N4O2S/c1-3-11-10(14-8-4-5-9-14)12-6-7-13-17(2,15)16/h13H,3-9H2,1-2H3,(H,11,12). The SMILES string of the molecule is CCNC(=NCCNS(C)(=O)=O)N1CCCC1. The van der Waals surface area contributed by atoms with Crippen LogP contribution in [-0.2, 0) is 10.0 Å². The molecule has 100 valence electrons. The molecular weight excluding hydrogens is 240 g/mol. The van der Waals surface area contributed by atoms with Crippen molar-refractivity contribution >= 4 is 16.0 Å². The van der Waals surface area contributed by atoms with Gasteiger partial charge in [-0.05, 0) is 19.8 Å². The smallest absolute Gasteiger partial charge is 0.208 e. The minimum Gasteiger partial charge on any atom is -0.357 e. The van der Waals surface area contributed by atoms with Gasteiger partial charge in [0.25, 0.3) is 0 Å². The number of nitrogens with one attached hydrogen (secondary N) is 2. The van der Waals surface area contributed by atoms with E-state index in [1.165, 1.54) is 12.8 Å². The fourth-order valence-corrected chi connectivity index (χ4v) is 2.21. The molecule has 2 N–H and O–H groups in total. The van der Waals surface area contributed by atoms with Crippen LogP contribution >= 0.6 is 0 Å². The first kappa shape index (κ1) is 14.2. The lowest BCUT2D eigenvalue weighted by Crippen LogP contribution is -2.40. The summed E-state index contributed by atoms with van der Waals surface area (Å²) in [7, 11) is -3.11. The Hall–Kier alpha value is -0.820. The zero-order valence-electron chi connectivity index (χ0n) is 10.6. The number of rotatable bonds is 5. The molecule has 0 amide bonds. The van der Waals surface area contributed by atoms with E-state index in [-0.39, 0.29) is 0 Å². The van der Waals surface area contributed by atoms with E-state index in [0.29, 0.717) is 13.1 Å². The summed E-state index contributed by atoms with van der Waals surface area (Å²) >= 11 is 0. The first-order valence-corrected chi connectivity index (χ1v) is 7.90. The summed E-state index contributed by atoms with van der Waals surface area (Å²) < 4.78 is 24.2. The van der Waals surface area contributed by atoms with Gasteiger partial charge in [-0.25, -0.2) is 13.1 Å². The zero-order valence-corrected chi connectivity index (χ0v) is 11.4. The highest BCUT2D eigenvalue weighted by Gasteiger charge is 2.15. The predicted octanol–water partition coefficient (Wildman–Crippen LogP) is -0.403. The molecule has 1 saturated heterocycles. The van der Waals surface area contributed by atoms with Gasteiger partial charge in [-0.1, -0.05) is 0 Å². The van der Waals surface area contributed by atoms with Gasteiger partial charge < -0.3 is 10.2 Å². The molecule has 1 heterocycles. The molecule has 1 fully saturated rings. The van der Waals surface area contributed by atoms with Crippen LogP contribution in [0.25, 0.3) is 0 Å². The maximum absolute atomic E-state index is 10.9. The van der Waals surface area contributed by atoms with Gasteiger partial charge in [0.05, 0.1) is 12.8 Å². The molecule has 0 aromatic heterocycles. The van der Waals surface area contributed by atoms with Crippen LogP contribution in [0.5, 0.6) is 0 Å². The second kappa shape index (κ2) is 6.80. The molecule has 0 saturated carbocycles. The van der Waals surface area contributed by atoms with Crippen molar-refractivity contribution in [3.05, 3.63) is 0 Å². The second-order valence-corrected chi connectivity index (χ2v) is 5.93. The minimum atomic E-state index is -3.11. The summed E-state index contributed by atoms with van der Waals surface area (Å²) in [5, 5.41) is 3.22. The molecule has 0 radical (unpaired) electrons. The van der Waals surface area contributed by atoms with Crippen molar-refractivity contribution in [3.8, 4) is 0 Å². The van der Waals surface area contributed by atoms with E-state index >= 15 is 0 Å². The maximum Gasteiger partial charge on any atom is 0.208 e. The van der Waals surface area contributed by atoms with Gasteiger partial charge in [-0.3, -0.25) is 4.99 Å². The molecule has 0 aliphatic carbocycles. The Morgan fingerprint density at radius 1 is 1.35 bits per heavy atom. The second-order valence-electron chi connectivity index (χ2n) is 4.10. The summed E-state index contributed by atoms with van der Waals surface area (Å²) in [6.45, 7) is 5.74. The third-order valence-electron chi connectivity index (χ3n) is 2.48. The number of likely N-dealkylation sites (tertiary alicyclic amines) is 1. The van der Waals surface area contributed by atoms with Crippen LogP contribution < -0.4 is 10.0 Å². The zero-order chi connectivity index (χ0) is 12.7. The van der Waals surface area contributed by atoms with Gasteiger partial charge in [-0.2, -0.15) is 0 Å². The normalized spacial score (nSPS) is 17.5. The number of sulfonamides is 1. The van der Waals surface area contributed by atoms with Crippen molar-refractivity contribution in [1.29, 1.82) is 0 Å². The molecule has 0 spiro atoms. The lowest BCUT2D eigenvalue weighted by Gasteiger charge is -2.20. The minimum absolute atomic E-state index is 0.349. The summed E-state index contributed by atoms with van der Waals surface area (Å²) in [4.78, 5) is 6.62. The highest BCUT2D eigenvalue weighted by Crippen LogP contribution is 2.07. The molecule has 0 unspecified atom stereocenters. The highest BCUT2D eigenvalue weighted by atomic mass is 32.2. The third kappa shape index (κ3) is 5.88. The lowest BCUT2D eigenvalue weighted by atomic mass is 10.4. The number of guanidine groups is 1. The number of nitrogens with zero attached hydrogens (tertiary/aromatic N) is 2. The number of hydrogen-bond donors (Lipinski definition) is 2. The van der Waals surface area contributed by atoms with E-state index in [4.69, 9.17) is 0 Å². The Labute approximate surface area is 104 Å². The first-order chi connectivity index (χ1) is 8.03. The molecule has 17 heavy (non-hydrogen) atoms. The number of hydrogen-bond acceptors (Lipinski definition) is 3. The summed E-state index contributed by atoms with van der Waals surface area (Å²) in [6, 6.07) is 0. The molecule has 7 heteroatoms. The lowest BCUT2D eigenvalue weighted by molar-refractivity contribution is 0.493. The van der Waals surface area contributed by atoms with E-state index in [2.05, 4.69) is 19.9 Å². The molecule has 1 aliphatic rings. The van der Waals surface area contributed by atoms with Crippen molar-refractivity contribution < 1.29 is 8.42 Å². The van der Waals surface area contributed by atoms with Crippen LogP contribution in [-0.4, -0.2) is 58.3 Å². The van der Waals surface area contributed by atoms with Crippen LogP contribution in [0.15, 0.2) is 4.99 Å². The third-order valence-corrected chi connectivity index (χ3v) is 3.21. The van der Waals surface area contributed by atoms with E-state index in [9.17, 15) is 8.42 Å². The molecule has 0 atom stereocenters. The fraction of sp³-hybridized carbons (Fsp3) is 0.900. The first-order valence-electron chi connectivity index (χ1n) is 6.01. The van der Waals surface area contributed by atoms with Crippen LogP contribution in [0.3, 0.4) is 0 Å². The van der Waals surface area contributed by atoms with Crippen LogP contribution in [0.4, 0.5) is 0 Å². The maximum atomic E-state index is 10.9. The topological polar surface area (TPSA) is 73.8 Å². The van der Waals surface area contributed by atoms with Gasteiger partial charge in [0, 0.05) is 26.2 Å². The molecule has 0 aromatic rings. The van der Waals surface area contributed by atoms with Gasteiger partial charge in [0.1, 0.15) is 0 Å². The van der Waals surface area contributed by atoms with Crippen LogP contribution in [0.2, 0.25) is 0 Å². The summed E-state index contributed by atoms with van der Waals surface area (Å²) in [5.74, 6) is 0.889. The van der Waals surface area contributed by atoms with Crippen molar-refractivity contribution in [2.45, 2.75) is 19.8 Å². The van der Waals surface area contributed by atoms with Crippen LogP contribution in [0, 0.1) is 0 Å². The monoisotopic (exact) mass is 262 g/mol. The molecule has 6 nitrogen and oxygen atoms in total. The Balaban J connectivity index is 2.40. The Morgan fingerprint density at radius 3 is 2.53 bits per heavy atom. The molecular formula is C10H22N4O2S. The van der Waals surface area contributed by atoms with E-state index in [1.807, 2.05) is 6.92 Å². The van der Waals surface area contributed by atoms with Crippen molar-refractivity contribution in [2.24, 2.45) is 4.99 Å². The fourth-order valence-electron chi connectivity index (χ4n) is 1.75. The van der Waals surface area contributed by atoms with Gasteiger partial charge in [0.2, 0.25) is 10.0 Å². The van der Waals surface area contributed by atoms with Gasteiger partial charge in [-0.15, -0.1) is 0 Å². The quantitative estimate of drug-likeness (QED) is 0.401. The highest BCUT2D eigenvalue weighted by molar-refractivity contribution is 7.88. The molecule has 1 aliphatic heterocycles. The van der Waals surface area contributed by atoms with Crippen molar-refractivity contribution in [2.75, 3.05) is 39.0 Å². The predicted molar refractivity (Wildman–Crippen MR) is 69.6 cm³/mol. The van der Waals surface area contributed by atoms with E-state index in [1.54, 1.807) is 0 Å². The number of aliphatic imine (C=N–C) groups is 1. The Morgan fingerprint density at radius 2 is 2.00 bits per heavy atom. The Kier molecular flexibility index (Phi) is 5.70. The largest absolute Gasteiger partial charge is 0.357 e. The van der Waals surface area contributed by atoms with Crippen molar-refractivity contribution in [1.82, 2.24) is 14.9 Å². The van der Waals surface area contributed by atoms with Crippen molar-refractivity contribution in [3.63, 3.8) is 0 Å². The van der Waals surface area contributed by atoms with Gasteiger partial charge in [0.15, 0.2) is 5.96 Å². The average Bonchev–Trinajstić information content (AvgIpc) is 2.74. The van der Waals surface area contributed by atoms with E-state index < -0.39 is 10.0 Å². The van der Waals surface area contributed by atoms with Gasteiger partial charge >= 0.3 is 0 Å². The van der Waals surface area contributed by atoms with Crippen LogP contribution in [0.1, 0.15) is 19.8 Å². The molecule has 0 aromatic carbocycles. The summed E-state index contributed by atoms with van der Waals surface area (Å²) in [5.41, 5.74) is 0.